The third-order valence-electron chi connectivity index (χ3n) is 19.0. The molecule has 0 radical (unpaired) electrons. The molecule has 1 aromatic rings. The molecule has 1 N–H and O–H groups in total. The minimum absolute atomic E-state index is 0.0735. The van der Waals surface area contributed by atoms with E-state index in [1.807, 2.05) is 19.9 Å². The van der Waals surface area contributed by atoms with E-state index in [-0.39, 0.29) is 110 Å². The lowest BCUT2D eigenvalue weighted by atomic mass is 9.72. The summed E-state index contributed by atoms with van der Waals surface area (Å²) in [5.74, 6) is -0.558. The van der Waals surface area contributed by atoms with Gasteiger partial charge in [-0.3, -0.25) is 0 Å². The number of ether oxygens (including phenoxy) is 12. The SMILES string of the molecule is C=C(COC(=O)c1ccccc1)C[C@@H]1C[C@H](O)[C@]2(C)O[C@@H]3C[C@@H]4O[C@@H]5C[C@]6(C)O[C@]7(C)CC[C@@H]8O[C@@H]9C[C@]%10(C)O[C@@H]%11C(C)=CC(=O)O[C@H]%11C[C@H]%10O[C@H]9C[C@@H](C)[C@H]8O[C@H]7C[C@H]6O[C@@]5(C)C/C=C\[C@H]4O[C@H]3C[C@H]2O1. The highest BCUT2D eigenvalue weighted by Crippen LogP contribution is 2.55. The molecule has 9 fully saturated rings. The second kappa shape index (κ2) is 18.3. The van der Waals surface area contributed by atoms with Gasteiger partial charge in [-0.1, -0.05) is 43.9 Å². The second-order valence-electron chi connectivity index (χ2n) is 24.6. The van der Waals surface area contributed by atoms with Crippen molar-refractivity contribution in [2.75, 3.05) is 6.61 Å². The number of carbonyl (C=O) groups is 2. The van der Waals surface area contributed by atoms with E-state index in [0.29, 0.717) is 63.4 Å². The molecule has 394 valence electrons. The molecule has 0 aliphatic carbocycles. The Hall–Kier alpha value is -3.06. The maximum atomic E-state index is 12.6. The molecule has 11 aliphatic heterocycles. The Labute approximate surface area is 423 Å². The standard InChI is InChI=1S/C57H76O15/c1-30(29-61-52(60)33-13-10-9-11-14-33)19-34-22-43(58)57(8)47(62-34)24-39-40(69-57)23-38-35(63-39)15-12-17-53(4)48(66-38)28-56(7)46(70-53)26-45-54(5,72-56)18-16-36-50(68-45)31(2)20-37-42(64-36)27-55(6)44(65-37)25-41-51(71-55)32(3)21-49(59)67-41/h9-15,21,31,34-48,50-51,58H,1,16-20,22-29H2,2-8H3/b15-12-/t31-,34-,35-,36+,37+,38+,39+,40-,41+,42-,43+,44-,45+,46-,47-,48-,50-,51-,53+,54-,55+,56+,57+/m1/s1. The number of fused-ring (bicyclic) bond motifs is 10. The number of aliphatic hydroxyl groups is 1. The van der Waals surface area contributed by atoms with Gasteiger partial charge in [-0.05, 0) is 103 Å². The topological polar surface area (TPSA) is 165 Å². The van der Waals surface area contributed by atoms with E-state index >= 15 is 0 Å². The van der Waals surface area contributed by atoms with Crippen molar-refractivity contribution in [3.05, 3.63) is 71.8 Å². The lowest BCUT2D eigenvalue weighted by molar-refractivity contribution is -0.356. The predicted molar refractivity (Wildman–Crippen MR) is 259 cm³/mol. The molecule has 0 bridgehead atoms. The molecule has 0 unspecified atom stereocenters. The molecule has 23 atom stereocenters. The zero-order valence-corrected chi connectivity index (χ0v) is 43.1. The van der Waals surface area contributed by atoms with Crippen LogP contribution in [0.5, 0.6) is 0 Å². The zero-order valence-electron chi connectivity index (χ0n) is 43.1. The Morgan fingerprint density at radius 3 is 2.31 bits per heavy atom. The summed E-state index contributed by atoms with van der Waals surface area (Å²) in [5, 5.41) is 11.7. The highest BCUT2D eigenvalue weighted by Gasteiger charge is 2.64. The van der Waals surface area contributed by atoms with Gasteiger partial charge >= 0.3 is 11.9 Å². The third-order valence-corrected chi connectivity index (χ3v) is 19.0. The molecule has 0 spiro atoms. The van der Waals surface area contributed by atoms with Gasteiger partial charge in [0.15, 0.2) is 0 Å². The van der Waals surface area contributed by atoms with Crippen LogP contribution in [0.25, 0.3) is 0 Å². The molecular formula is C57H76O15. The Morgan fingerprint density at radius 1 is 0.722 bits per heavy atom. The lowest BCUT2D eigenvalue weighted by Gasteiger charge is -2.60. The molecule has 11 aliphatic rings. The minimum Gasteiger partial charge on any atom is -0.458 e. The van der Waals surface area contributed by atoms with Crippen LogP contribution in [0.1, 0.15) is 136 Å². The largest absolute Gasteiger partial charge is 0.458 e. The van der Waals surface area contributed by atoms with E-state index in [1.54, 1.807) is 30.3 Å². The Bertz CT molecular complexity index is 2320. The van der Waals surface area contributed by atoms with E-state index in [2.05, 4.69) is 53.3 Å². The average Bonchev–Trinajstić information content (AvgIpc) is 3.53. The van der Waals surface area contributed by atoms with Crippen LogP contribution in [-0.4, -0.2) is 155 Å². The maximum absolute atomic E-state index is 12.6. The van der Waals surface area contributed by atoms with E-state index in [0.717, 1.165) is 30.4 Å². The molecule has 0 amide bonds. The number of esters is 2. The normalized spacial score (nSPS) is 51.8. The molecule has 15 heteroatoms. The summed E-state index contributed by atoms with van der Waals surface area (Å²) in [6, 6.07) is 8.89. The van der Waals surface area contributed by atoms with E-state index in [1.165, 1.54) is 0 Å². The fourth-order valence-corrected chi connectivity index (χ4v) is 14.8. The first-order chi connectivity index (χ1) is 34.3. The molecule has 72 heavy (non-hydrogen) atoms. The first-order valence-electron chi connectivity index (χ1n) is 27.1. The third kappa shape index (κ3) is 8.79. The van der Waals surface area contributed by atoms with Crippen molar-refractivity contribution in [2.45, 2.75) is 257 Å². The van der Waals surface area contributed by atoms with Gasteiger partial charge in [-0.2, -0.15) is 0 Å². The summed E-state index contributed by atoms with van der Waals surface area (Å²) in [4.78, 5) is 24.9. The van der Waals surface area contributed by atoms with Crippen LogP contribution in [0.3, 0.4) is 0 Å². The summed E-state index contributed by atoms with van der Waals surface area (Å²) in [6.45, 7) is 19.1. The molecule has 0 aromatic heterocycles. The summed E-state index contributed by atoms with van der Waals surface area (Å²) in [6.07, 6.45) is 8.61. The fraction of sp³-hybridized carbons (Fsp3) is 0.754. The van der Waals surface area contributed by atoms with Crippen molar-refractivity contribution in [1.29, 1.82) is 0 Å². The quantitative estimate of drug-likeness (QED) is 0.234. The van der Waals surface area contributed by atoms with Crippen molar-refractivity contribution in [2.24, 2.45) is 5.92 Å². The van der Waals surface area contributed by atoms with Gasteiger partial charge in [0, 0.05) is 51.0 Å². The summed E-state index contributed by atoms with van der Waals surface area (Å²) in [5.41, 5.74) is -1.29. The smallest absolute Gasteiger partial charge is 0.338 e. The van der Waals surface area contributed by atoms with Gasteiger partial charge in [0.2, 0.25) is 0 Å². The van der Waals surface area contributed by atoms with Crippen molar-refractivity contribution in [3.8, 4) is 0 Å². The fourth-order valence-electron chi connectivity index (χ4n) is 14.8. The van der Waals surface area contributed by atoms with E-state index < -0.39 is 46.2 Å². The number of rotatable bonds is 5. The van der Waals surface area contributed by atoms with Crippen LogP contribution in [0.2, 0.25) is 0 Å². The number of hydrogen-bond acceptors (Lipinski definition) is 15. The molecule has 11 heterocycles. The van der Waals surface area contributed by atoms with Crippen LogP contribution >= 0.6 is 0 Å². The average molecular weight is 1000 g/mol. The summed E-state index contributed by atoms with van der Waals surface area (Å²) < 4.78 is 81.7. The molecule has 15 nitrogen and oxygen atoms in total. The van der Waals surface area contributed by atoms with Crippen LogP contribution in [0.4, 0.5) is 0 Å². The number of carbonyl (C=O) groups excluding carboxylic acids is 2. The number of benzene rings is 1. The van der Waals surface area contributed by atoms with E-state index in [9.17, 15) is 14.7 Å². The summed E-state index contributed by atoms with van der Waals surface area (Å²) in [7, 11) is 0. The van der Waals surface area contributed by atoms with Crippen molar-refractivity contribution in [1.82, 2.24) is 0 Å². The van der Waals surface area contributed by atoms with Gasteiger partial charge in [0.25, 0.3) is 0 Å². The highest BCUT2D eigenvalue weighted by atomic mass is 16.7. The molecule has 9 saturated heterocycles. The number of hydrogen-bond donors (Lipinski definition) is 1. The zero-order chi connectivity index (χ0) is 50.1. The van der Waals surface area contributed by atoms with Crippen LogP contribution in [0, 0.1) is 5.92 Å². The second-order valence-corrected chi connectivity index (χ2v) is 24.6. The highest BCUT2D eigenvalue weighted by molar-refractivity contribution is 5.89. The minimum atomic E-state index is -0.941. The van der Waals surface area contributed by atoms with Gasteiger partial charge in [-0.25, -0.2) is 9.59 Å². The Kier molecular flexibility index (Phi) is 12.7. The van der Waals surface area contributed by atoms with E-state index in [4.69, 9.17) is 56.8 Å². The molecule has 12 rings (SSSR count). The predicted octanol–water partition coefficient (Wildman–Crippen LogP) is 7.13. The van der Waals surface area contributed by atoms with Gasteiger partial charge < -0.3 is 61.9 Å². The van der Waals surface area contributed by atoms with Gasteiger partial charge in [0.05, 0.1) is 113 Å². The maximum Gasteiger partial charge on any atom is 0.338 e. The van der Waals surface area contributed by atoms with Gasteiger partial charge in [0.1, 0.15) is 30.5 Å². The van der Waals surface area contributed by atoms with Crippen LogP contribution in [0.15, 0.2) is 66.3 Å². The first kappa shape index (κ1) is 49.8. The van der Waals surface area contributed by atoms with Crippen molar-refractivity contribution >= 4 is 11.9 Å². The Morgan fingerprint density at radius 2 is 1.49 bits per heavy atom. The summed E-state index contributed by atoms with van der Waals surface area (Å²) >= 11 is 0. The first-order valence-corrected chi connectivity index (χ1v) is 27.1. The van der Waals surface area contributed by atoms with Crippen molar-refractivity contribution in [3.63, 3.8) is 0 Å². The van der Waals surface area contributed by atoms with Crippen molar-refractivity contribution < 1.29 is 71.5 Å². The van der Waals surface area contributed by atoms with Crippen LogP contribution < -0.4 is 0 Å². The van der Waals surface area contributed by atoms with Gasteiger partial charge in [-0.15, -0.1) is 0 Å². The molecule has 0 saturated carbocycles. The number of aliphatic hydroxyl groups excluding tert-OH is 1. The Balaban J connectivity index is 0.693. The monoisotopic (exact) mass is 1000 g/mol. The lowest BCUT2D eigenvalue weighted by Crippen LogP contribution is -2.70. The molecule has 1 aromatic carbocycles. The van der Waals surface area contributed by atoms with Crippen LogP contribution in [-0.2, 0) is 61.6 Å². The molecular weight excluding hydrogens is 925 g/mol.